The van der Waals surface area contributed by atoms with Crippen LogP contribution in [0.15, 0.2) is 42.9 Å². The van der Waals surface area contributed by atoms with Gasteiger partial charge >= 0.3 is 0 Å². The number of H-pyrrole nitrogens is 1. The van der Waals surface area contributed by atoms with E-state index in [4.69, 9.17) is 0 Å². The number of anilines is 2. The summed E-state index contributed by atoms with van der Waals surface area (Å²) in [6.07, 6.45) is 9.76. The third-order valence-electron chi connectivity index (χ3n) is 4.93. The average Bonchev–Trinajstić information content (AvgIpc) is 3.13. The van der Waals surface area contributed by atoms with Crippen LogP contribution in [0.1, 0.15) is 25.7 Å². The first-order valence-corrected chi connectivity index (χ1v) is 10.9. The highest BCUT2D eigenvalue weighted by atomic mass is 32.2. The largest absolute Gasteiger partial charge is 0.307 e. The van der Waals surface area contributed by atoms with E-state index < -0.39 is 10.0 Å². The van der Waals surface area contributed by atoms with E-state index in [0.717, 1.165) is 42.3 Å². The van der Waals surface area contributed by atoms with Crippen LogP contribution in [0.5, 0.6) is 0 Å². The third-order valence-corrected chi connectivity index (χ3v) is 5.69. The fraction of sp³-hybridized carbons (Fsp3) is 0.389. The molecule has 0 aliphatic heterocycles. The number of benzene rings is 1. The molecule has 1 aliphatic carbocycles. The molecule has 0 atom stereocenters. The Morgan fingerprint density at radius 1 is 1.11 bits per heavy atom. The van der Waals surface area contributed by atoms with E-state index in [1.54, 1.807) is 18.5 Å². The van der Waals surface area contributed by atoms with Crippen molar-refractivity contribution in [3.8, 4) is 0 Å². The molecule has 1 fully saturated rings. The van der Waals surface area contributed by atoms with E-state index in [1.807, 2.05) is 18.3 Å². The van der Waals surface area contributed by atoms with Crippen LogP contribution < -0.4 is 9.62 Å². The van der Waals surface area contributed by atoms with Gasteiger partial charge in [-0.3, -0.25) is 5.10 Å². The first kappa shape index (κ1) is 17.9. The van der Waals surface area contributed by atoms with Crippen LogP contribution in [0.2, 0.25) is 0 Å². The standard InChI is InChI=1S/C18H22N6O2S/c1-27(25,26)23-13-6-8-14(9-7-13)24(18-19-10-3-11-20-18)17-5-2-4-16-15(17)12-21-22-16/h2-5,10-14,23H,6-9H2,1H3,(H,21,22). The van der Waals surface area contributed by atoms with Crippen molar-refractivity contribution in [3.63, 3.8) is 0 Å². The minimum Gasteiger partial charge on any atom is -0.307 e. The Labute approximate surface area is 158 Å². The number of sulfonamides is 1. The fourth-order valence-electron chi connectivity index (χ4n) is 3.80. The van der Waals surface area contributed by atoms with Crippen molar-refractivity contribution < 1.29 is 8.42 Å². The van der Waals surface area contributed by atoms with Crippen LogP contribution in [0.4, 0.5) is 11.6 Å². The van der Waals surface area contributed by atoms with Gasteiger partial charge in [-0.25, -0.2) is 23.1 Å². The Morgan fingerprint density at radius 3 is 2.56 bits per heavy atom. The van der Waals surface area contributed by atoms with Crippen LogP contribution >= 0.6 is 0 Å². The molecule has 0 saturated heterocycles. The lowest BCUT2D eigenvalue weighted by Gasteiger charge is -2.37. The number of nitrogens with one attached hydrogen (secondary N) is 2. The van der Waals surface area contributed by atoms with Crippen molar-refractivity contribution in [3.05, 3.63) is 42.9 Å². The maximum atomic E-state index is 11.5. The Hall–Kier alpha value is -2.52. The molecule has 2 heterocycles. The summed E-state index contributed by atoms with van der Waals surface area (Å²) in [7, 11) is -3.19. The van der Waals surface area contributed by atoms with Gasteiger partial charge in [0.05, 0.1) is 23.7 Å². The summed E-state index contributed by atoms with van der Waals surface area (Å²) in [4.78, 5) is 11.1. The lowest BCUT2D eigenvalue weighted by atomic mass is 9.90. The summed E-state index contributed by atoms with van der Waals surface area (Å²) in [5, 5.41) is 8.19. The molecule has 1 aliphatic rings. The molecule has 8 nitrogen and oxygen atoms in total. The Balaban J connectivity index is 1.66. The van der Waals surface area contributed by atoms with Gasteiger partial charge in [-0.2, -0.15) is 5.10 Å². The fourth-order valence-corrected chi connectivity index (χ4v) is 4.64. The summed E-state index contributed by atoms with van der Waals surface area (Å²) in [6.45, 7) is 0. The number of aromatic amines is 1. The molecule has 1 aromatic carbocycles. The van der Waals surface area contributed by atoms with Gasteiger partial charge < -0.3 is 4.90 Å². The summed E-state index contributed by atoms with van der Waals surface area (Å²) < 4.78 is 25.8. The predicted molar refractivity (Wildman–Crippen MR) is 104 cm³/mol. The number of hydrogen-bond donors (Lipinski definition) is 2. The summed E-state index contributed by atoms with van der Waals surface area (Å²) >= 11 is 0. The SMILES string of the molecule is CS(=O)(=O)NC1CCC(N(c2ncccn2)c2cccc3[nH]ncc23)CC1. The van der Waals surface area contributed by atoms with Crippen LogP contribution in [0.3, 0.4) is 0 Å². The molecule has 0 bridgehead atoms. The minimum absolute atomic E-state index is 0.0143. The molecule has 27 heavy (non-hydrogen) atoms. The van der Waals surface area contributed by atoms with Crippen LogP contribution in [-0.4, -0.2) is 46.9 Å². The molecule has 0 radical (unpaired) electrons. The molecule has 9 heteroatoms. The molecular weight excluding hydrogens is 364 g/mol. The number of hydrogen-bond acceptors (Lipinski definition) is 6. The highest BCUT2D eigenvalue weighted by Crippen LogP contribution is 2.36. The predicted octanol–water partition coefficient (Wildman–Crippen LogP) is 2.35. The smallest absolute Gasteiger partial charge is 0.230 e. The van der Waals surface area contributed by atoms with Crippen molar-refractivity contribution >= 4 is 32.6 Å². The lowest BCUT2D eigenvalue weighted by molar-refractivity contribution is 0.370. The zero-order valence-electron chi connectivity index (χ0n) is 15.0. The highest BCUT2D eigenvalue weighted by Gasteiger charge is 2.30. The van der Waals surface area contributed by atoms with Crippen molar-refractivity contribution in [1.82, 2.24) is 24.9 Å². The molecule has 0 unspecified atom stereocenters. The number of fused-ring (bicyclic) bond motifs is 1. The van der Waals surface area contributed by atoms with E-state index in [0.29, 0.717) is 5.95 Å². The number of rotatable bonds is 5. The normalized spacial score (nSPS) is 20.6. The second-order valence-corrected chi connectivity index (χ2v) is 8.70. The Morgan fingerprint density at radius 2 is 1.85 bits per heavy atom. The molecule has 2 aromatic heterocycles. The van der Waals surface area contributed by atoms with Gasteiger partial charge in [0.25, 0.3) is 0 Å². The molecule has 4 rings (SSSR count). The average molecular weight is 386 g/mol. The second-order valence-electron chi connectivity index (χ2n) is 6.92. The Bertz CT molecular complexity index is 1010. The van der Waals surface area contributed by atoms with Gasteiger partial charge in [0.2, 0.25) is 16.0 Å². The minimum atomic E-state index is -3.19. The van der Waals surface area contributed by atoms with E-state index in [2.05, 4.69) is 35.9 Å². The zero-order chi connectivity index (χ0) is 18.9. The first-order valence-electron chi connectivity index (χ1n) is 8.97. The van der Waals surface area contributed by atoms with Crippen LogP contribution in [0, 0.1) is 0 Å². The van der Waals surface area contributed by atoms with Crippen LogP contribution in [-0.2, 0) is 10.0 Å². The lowest BCUT2D eigenvalue weighted by Crippen LogP contribution is -2.42. The van der Waals surface area contributed by atoms with Gasteiger partial charge in [-0.1, -0.05) is 6.07 Å². The monoisotopic (exact) mass is 386 g/mol. The maximum absolute atomic E-state index is 11.5. The quantitative estimate of drug-likeness (QED) is 0.698. The second kappa shape index (κ2) is 7.24. The molecule has 0 amide bonds. The molecule has 142 valence electrons. The van der Waals surface area contributed by atoms with E-state index in [9.17, 15) is 8.42 Å². The first-order chi connectivity index (χ1) is 13.0. The molecular formula is C18H22N6O2S. The van der Waals surface area contributed by atoms with E-state index in [1.165, 1.54) is 6.26 Å². The van der Waals surface area contributed by atoms with Gasteiger partial charge in [0.15, 0.2) is 0 Å². The topological polar surface area (TPSA) is 104 Å². The van der Waals surface area contributed by atoms with Crippen molar-refractivity contribution in [2.75, 3.05) is 11.2 Å². The van der Waals surface area contributed by atoms with E-state index in [-0.39, 0.29) is 12.1 Å². The molecule has 3 aromatic rings. The van der Waals surface area contributed by atoms with Crippen LogP contribution in [0.25, 0.3) is 10.9 Å². The van der Waals surface area contributed by atoms with Gasteiger partial charge in [0.1, 0.15) is 0 Å². The number of nitrogens with zero attached hydrogens (tertiary/aromatic N) is 4. The van der Waals surface area contributed by atoms with Crippen molar-refractivity contribution in [2.45, 2.75) is 37.8 Å². The van der Waals surface area contributed by atoms with Gasteiger partial charge in [-0.05, 0) is 43.9 Å². The summed E-state index contributed by atoms with van der Waals surface area (Å²) in [6, 6.07) is 8.00. The third kappa shape index (κ3) is 3.93. The van der Waals surface area contributed by atoms with Gasteiger partial charge in [0, 0.05) is 29.9 Å². The zero-order valence-corrected chi connectivity index (χ0v) is 15.9. The molecule has 2 N–H and O–H groups in total. The van der Waals surface area contributed by atoms with Crippen molar-refractivity contribution in [2.24, 2.45) is 0 Å². The van der Waals surface area contributed by atoms with Crippen molar-refractivity contribution in [1.29, 1.82) is 0 Å². The molecule has 0 spiro atoms. The summed E-state index contributed by atoms with van der Waals surface area (Å²) in [5.74, 6) is 0.644. The summed E-state index contributed by atoms with van der Waals surface area (Å²) in [5.41, 5.74) is 1.97. The van der Waals surface area contributed by atoms with E-state index >= 15 is 0 Å². The highest BCUT2D eigenvalue weighted by molar-refractivity contribution is 7.88. The maximum Gasteiger partial charge on any atom is 0.230 e. The Kier molecular flexibility index (Phi) is 4.79. The van der Waals surface area contributed by atoms with Gasteiger partial charge in [-0.15, -0.1) is 0 Å². The molecule has 1 saturated carbocycles. The number of aromatic nitrogens is 4.